The Balaban J connectivity index is 1.45. The molecule has 1 amide bonds. The van der Waals surface area contributed by atoms with E-state index in [9.17, 15) is 4.79 Å². The van der Waals surface area contributed by atoms with Crippen LogP contribution in [0.2, 0.25) is 0 Å². The second-order valence-electron chi connectivity index (χ2n) is 6.02. The van der Waals surface area contributed by atoms with E-state index in [-0.39, 0.29) is 11.9 Å². The van der Waals surface area contributed by atoms with Gasteiger partial charge in [0.05, 0.1) is 12.6 Å². The van der Waals surface area contributed by atoms with Crippen molar-refractivity contribution < 1.29 is 9.53 Å². The molecule has 1 unspecified atom stereocenters. The molecule has 0 bridgehead atoms. The topological polar surface area (TPSA) is 68.5 Å². The van der Waals surface area contributed by atoms with Gasteiger partial charge in [0.2, 0.25) is 5.91 Å². The van der Waals surface area contributed by atoms with Crippen molar-refractivity contribution in [1.29, 1.82) is 0 Å². The highest BCUT2D eigenvalue weighted by Crippen LogP contribution is 2.26. The van der Waals surface area contributed by atoms with E-state index in [1.807, 2.05) is 53.9 Å². The molecule has 6 nitrogen and oxygen atoms in total. The molecule has 0 radical (unpaired) electrons. The van der Waals surface area contributed by atoms with Crippen LogP contribution in [0.3, 0.4) is 0 Å². The number of rotatable bonds is 4. The van der Waals surface area contributed by atoms with E-state index in [4.69, 9.17) is 4.74 Å². The van der Waals surface area contributed by atoms with Crippen LogP contribution in [0.15, 0.2) is 48.7 Å². The van der Waals surface area contributed by atoms with Crippen LogP contribution < -0.4 is 10.1 Å². The molecule has 0 saturated carbocycles. The summed E-state index contributed by atoms with van der Waals surface area (Å²) in [6.45, 7) is 2.62. The van der Waals surface area contributed by atoms with E-state index in [2.05, 4.69) is 21.6 Å². The van der Waals surface area contributed by atoms with Crippen molar-refractivity contribution in [2.45, 2.75) is 19.4 Å². The van der Waals surface area contributed by atoms with Gasteiger partial charge in [-0.25, -0.2) is 0 Å². The molecule has 126 valence electrons. The largest absolute Gasteiger partial charge is 0.493 e. The number of carbonyl (C=O) groups is 1. The molecule has 1 aliphatic heterocycles. The zero-order valence-electron chi connectivity index (χ0n) is 13.8. The maximum Gasteiger partial charge on any atom is 0.244 e. The molecule has 1 aliphatic rings. The van der Waals surface area contributed by atoms with Gasteiger partial charge in [-0.2, -0.15) is 0 Å². The first kappa shape index (κ1) is 15.4. The molecule has 1 N–H and O–H groups in total. The number of nitrogens with zero attached hydrogens (tertiary/aromatic N) is 3. The molecular weight excluding hydrogens is 316 g/mol. The lowest BCUT2D eigenvalue weighted by atomic mass is 10.1. The number of amides is 1. The molecule has 6 heteroatoms. The summed E-state index contributed by atoms with van der Waals surface area (Å²) in [5.74, 6) is 1.47. The lowest BCUT2D eigenvalue weighted by molar-refractivity contribution is -0.117. The number of ether oxygens (including phenoxy) is 1. The maximum atomic E-state index is 12.2. The summed E-state index contributed by atoms with van der Waals surface area (Å²) in [4.78, 5) is 12.2. The third kappa shape index (κ3) is 3.10. The summed E-state index contributed by atoms with van der Waals surface area (Å²) in [5.41, 5.74) is 2.93. The number of nitrogens with one attached hydrogen (secondary N) is 1. The molecule has 0 saturated heterocycles. The second-order valence-corrected chi connectivity index (χ2v) is 6.02. The minimum absolute atomic E-state index is 0.170. The van der Waals surface area contributed by atoms with Crippen LogP contribution >= 0.6 is 0 Å². The van der Waals surface area contributed by atoms with Crippen molar-refractivity contribution in [3.63, 3.8) is 0 Å². The standard InChI is InChI=1S/C19H18N4O2/c1-13(19-22-21-17-4-2-3-10-23(17)19)20-18(24)8-6-14-5-7-16-15(12-14)9-11-25-16/h2-8,10,12-13H,9,11H2,1H3,(H,20,24)/b8-6+. The Hall–Kier alpha value is -3.15. The molecular formula is C19H18N4O2. The fraction of sp³-hybridized carbons (Fsp3) is 0.211. The molecule has 1 atom stereocenters. The first-order valence-corrected chi connectivity index (χ1v) is 8.25. The fourth-order valence-electron chi connectivity index (χ4n) is 2.96. The molecule has 1 aromatic carbocycles. The van der Waals surface area contributed by atoms with Crippen molar-refractivity contribution in [3.05, 3.63) is 65.6 Å². The van der Waals surface area contributed by atoms with E-state index >= 15 is 0 Å². The number of hydrogen-bond donors (Lipinski definition) is 1. The molecule has 3 heterocycles. The normalized spacial score (nSPS) is 14.4. The first-order chi connectivity index (χ1) is 12.2. The van der Waals surface area contributed by atoms with Crippen LogP contribution in [-0.4, -0.2) is 27.1 Å². The first-order valence-electron chi connectivity index (χ1n) is 8.25. The second kappa shape index (κ2) is 6.39. The number of carbonyl (C=O) groups excluding carboxylic acids is 1. The van der Waals surface area contributed by atoms with Gasteiger partial charge in [0, 0.05) is 18.7 Å². The smallest absolute Gasteiger partial charge is 0.244 e. The SMILES string of the molecule is CC(NC(=O)/C=C/c1ccc2c(c1)CCO2)c1nnc2ccccn12. The van der Waals surface area contributed by atoms with Gasteiger partial charge in [-0.15, -0.1) is 10.2 Å². The van der Waals surface area contributed by atoms with E-state index in [1.165, 1.54) is 11.6 Å². The third-order valence-electron chi connectivity index (χ3n) is 4.23. The average molecular weight is 334 g/mol. The predicted octanol–water partition coefficient (Wildman–Crippen LogP) is 2.55. The Morgan fingerprint density at radius 3 is 3.16 bits per heavy atom. The Morgan fingerprint density at radius 1 is 1.32 bits per heavy atom. The van der Waals surface area contributed by atoms with Gasteiger partial charge in [0.25, 0.3) is 0 Å². The van der Waals surface area contributed by atoms with Crippen LogP contribution in [0, 0.1) is 0 Å². The van der Waals surface area contributed by atoms with Gasteiger partial charge in [-0.1, -0.05) is 12.1 Å². The molecule has 4 rings (SSSR count). The third-order valence-corrected chi connectivity index (χ3v) is 4.23. The van der Waals surface area contributed by atoms with Gasteiger partial charge in [0.1, 0.15) is 5.75 Å². The minimum atomic E-state index is -0.247. The van der Waals surface area contributed by atoms with Crippen LogP contribution in [-0.2, 0) is 11.2 Å². The Labute approximate surface area is 145 Å². The highest BCUT2D eigenvalue weighted by Gasteiger charge is 2.15. The van der Waals surface area contributed by atoms with Crippen LogP contribution in [0.4, 0.5) is 0 Å². The molecule has 0 fully saturated rings. The number of hydrogen-bond acceptors (Lipinski definition) is 4. The maximum absolute atomic E-state index is 12.2. The number of pyridine rings is 1. The van der Waals surface area contributed by atoms with Gasteiger partial charge in [0.15, 0.2) is 11.5 Å². The summed E-state index contributed by atoms with van der Waals surface area (Å²) in [7, 11) is 0. The van der Waals surface area contributed by atoms with Crippen molar-refractivity contribution in [3.8, 4) is 5.75 Å². The molecule has 3 aromatic rings. The molecule has 2 aromatic heterocycles. The fourth-order valence-corrected chi connectivity index (χ4v) is 2.96. The van der Waals surface area contributed by atoms with Gasteiger partial charge < -0.3 is 10.1 Å². The molecule has 0 aliphatic carbocycles. The van der Waals surface area contributed by atoms with Gasteiger partial charge in [-0.05, 0) is 48.4 Å². The van der Waals surface area contributed by atoms with E-state index in [1.54, 1.807) is 0 Å². The predicted molar refractivity (Wildman–Crippen MR) is 94.2 cm³/mol. The summed E-state index contributed by atoms with van der Waals surface area (Å²) in [6, 6.07) is 11.4. The number of aromatic nitrogens is 3. The monoisotopic (exact) mass is 334 g/mol. The molecule has 0 spiro atoms. The van der Waals surface area contributed by atoms with Crippen molar-refractivity contribution in [1.82, 2.24) is 19.9 Å². The van der Waals surface area contributed by atoms with Crippen molar-refractivity contribution >= 4 is 17.6 Å². The highest BCUT2D eigenvalue weighted by atomic mass is 16.5. The van der Waals surface area contributed by atoms with Crippen molar-refractivity contribution in [2.75, 3.05) is 6.61 Å². The van der Waals surface area contributed by atoms with Gasteiger partial charge in [-0.3, -0.25) is 9.20 Å². The number of benzene rings is 1. The average Bonchev–Trinajstić information content (AvgIpc) is 3.26. The van der Waals surface area contributed by atoms with E-state index in [0.29, 0.717) is 5.82 Å². The molecule has 25 heavy (non-hydrogen) atoms. The lowest BCUT2D eigenvalue weighted by Gasteiger charge is -2.10. The Morgan fingerprint density at radius 2 is 2.24 bits per heavy atom. The zero-order valence-corrected chi connectivity index (χ0v) is 13.8. The quantitative estimate of drug-likeness (QED) is 0.745. The van der Waals surface area contributed by atoms with Gasteiger partial charge >= 0.3 is 0 Å². The van der Waals surface area contributed by atoms with E-state index in [0.717, 1.165) is 30.0 Å². The van der Waals surface area contributed by atoms with Crippen LogP contribution in [0.1, 0.15) is 29.9 Å². The van der Waals surface area contributed by atoms with Crippen molar-refractivity contribution in [2.24, 2.45) is 0 Å². The summed E-state index contributed by atoms with van der Waals surface area (Å²) in [5, 5.41) is 11.2. The summed E-state index contributed by atoms with van der Waals surface area (Å²) in [6.07, 6.45) is 6.15. The Bertz CT molecular complexity index is 961. The minimum Gasteiger partial charge on any atom is -0.493 e. The van der Waals surface area contributed by atoms with E-state index < -0.39 is 0 Å². The van der Waals surface area contributed by atoms with Crippen LogP contribution in [0.5, 0.6) is 5.75 Å². The van der Waals surface area contributed by atoms with Crippen LogP contribution in [0.25, 0.3) is 11.7 Å². The Kier molecular flexibility index (Phi) is 3.93. The summed E-state index contributed by atoms with van der Waals surface area (Å²) < 4.78 is 7.36. The number of fused-ring (bicyclic) bond motifs is 2. The summed E-state index contributed by atoms with van der Waals surface area (Å²) >= 11 is 0. The zero-order chi connectivity index (χ0) is 17.2. The highest BCUT2D eigenvalue weighted by molar-refractivity contribution is 5.92. The lowest BCUT2D eigenvalue weighted by Crippen LogP contribution is -2.26.